The van der Waals surface area contributed by atoms with Crippen LogP contribution in [-0.4, -0.2) is 4.98 Å². The lowest BCUT2D eigenvalue weighted by Crippen LogP contribution is -2.06. The number of alkyl halides is 3. The number of aromatic nitrogens is 1. The van der Waals surface area contributed by atoms with Gasteiger partial charge in [-0.15, -0.1) is 0 Å². The summed E-state index contributed by atoms with van der Waals surface area (Å²) in [6, 6.07) is 35.1. The van der Waals surface area contributed by atoms with Crippen LogP contribution in [0.15, 0.2) is 115 Å². The van der Waals surface area contributed by atoms with E-state index in [4.69, 9.17) is 0 Å². The van der Waals surface area contributed by atoms with Crippen LogP contribution in [0, 0.1) is 0 Å². The summed E-state index contributed by atoms with van der Waals surface area (Å²) < 4.78 is 40.3. The highest BCUT2D eigenvalue weighted by atomic mass is 19.4. The minimum atomic E-state index is -4.37. The van der Waals surface area contributed by atoms with Gasteiger partial charge in [-0.2, -0.15) is 13.2 Å². The van der Waals surface area contributed by atoms with Crippen LogP contribution in [0.2, 0.25) is 0 Å². The van der Waals surface area contributed by atoms with Gasteiger partial charge >= 0.3 is 6.18 Å². The Balaban J connectivity index is 1.33. The van der Waals surface area contributed by atoms with E-state index in [-0.39, 0.29) is 0 Å². The maximum atomic E-state index is 13.4. The molecule has 38 heavy (non-hydrogen) atoms. The Morgan fingerprint density at radius 2 is 1.21 bits per heavy atom. The van der Waals surface area contributed by atoms with Crippen molar-refractivity contribution in [3.05, 3.63) is 127 Å². The summed E-state index contributed by atoms with van der Waals surface area (Å²) >= 11 is 0. The molecule has 186 valence electrons. The lowest BCUT2D eigenvalue weighted by Gasteiger charge is -2.13. The average Bonchev–Trinajstić information content (AvgIpc) is 2.95. The van der Waals surface area contributed by atoms with Gasteiger partial charge in [-0.25, -0.2) is 0 Å². The fourth-order valence-electron chi connectivity index (χ4n) is 5.01. The number of pyridine rings is 1. The Kier molecular flexibility index (Phi) is 5.96. The highest BCUT2D eigenvalue weighted by Crippen LogP contribution is 2.35. The number of halogens is 3. The van der Waals surface area contributed by atoms with E-state index in [1.54, 1.807) is 0 Å². The molecular formula is C34H24F3N. The second kappa shape index (κ2) is 9.46. The molecule has 0 amide bonds. The lowest BCUT2D eigenvalue weighted by atomic mass is 9.94. The van der Waals surface area contributed by atoms with Crippen LogP contribution in [0.5, 0.6) is 0 Å². The minimum Gasteiger partial charge on any atom is -0.256 e. The van der Waals surface area contributed by atoms with Crippen LogP contribution in [-0.2, 0) is 12.6 Å². The summed E-state index contributed by atoms with van der Waals surface area (Å²) in [4.78, 5) is 4.57. The van der Waals surface area contributed by atoms with Crippen molar-refractivity contribution >= 4 is 21.7 Å². The topological polar surface area (TPSA) is 12.9 Å². The molecule has 0 aliphatic rings. The van der Waals surface area contributed by atoms with E-state index in [2.05, 4.69) is 59.6 Å². The van der Waals surface area contributed by atoms with Gasteiger partial charge < -0.3 is 0 Å². The van der Waals surface area contributed by atoms with Crippen LogP contribution in [0.25, 0.3) is 55.1 Å². The molecule has 4 heteroatoms. The predicted octanol–water partition coefficient (Wildman–Crippen LogP) is 9.97. The molecule has 6 aromatic rings. The zero-order valence-electron chi connectivity index (χ0n) is 20.8. The summed E-state index contributed by atoms with van der Waals surface area (Å²) in [5, 5.41) is 3.13. The maximum Gasteiger partial charge on any atom is 0.416 e. The van der Waals surface area contributed by atoms with Gasteiger partial charge in [-0.3, -0.25) is 4.98 Å². The fraction of sp³-hybridized carbons (Fsp3) is 0.0882. The normalized spacial score (nSPS) is 11.8. The molecule has 0 aliphatic carbocycles. The third-order valence-electron chi connectivity index (χ3n) is 7.06. The summed E-state index contributed by atoms with van der Waals surface area (Å²) in [6.45, 7) is 1.87. The van der Waals surface area contributed by atoms with Crippen molar-refractivity contribution in [1.82, 2.24) is 4.98 Å². The number of nitrogens with zero attached hydrogens (tertiary/aromatic N) is 1. The third kappa shape index (κ3) is 4.54. The summed E-state index contributed by atoms with van der Waals surface area (Å²) in [5.74, 6) is 0. The third-order valence-corrected chi connectivity index (χ3v) is 7.06. The second-order valence-electron chi connectivity index (χ2n) is 9.50. The first-order valence-corrected chi connectivity index (χ1v) is 12.6. The summed E-state index contributed by atoms with van der Waals surface area (Å²) in [6.07, 6.45) is -2.01. The molecule has 0 unspecified atom stereocenters. The number of rotatable bonds is 4. The average molecular weight is 504 g/mol. The van der Waals surface area contributed by atoms with Gasteiger partial charge in [0.15, 0.2) is 0 Å². The van der Waals surface area contributed by atoms with Crippen molar-refractivity contribution in [3.63, 3.8) is 0 Å². The summed E-state index contributed by atoms with van der Waals surface area (Å²) in [5.41, 5.74) is 6.80. The first-order chi connectivity index (χ1) is 18.4. The molecule has 6 rings (SSSR count). The molecule has 1 heterocycles. The van der Waals surface area contributed by atoms with Crippen molar-refractivity contribution in [1.29, 1.82) is 0 Å². The smallest absolute Gasteiger partial charge is 0.256 e. The van der Waals surface area contributed by atoms with Crippen LogP contribution in [0.3, 0.4) is 0 Å². The Morgan fingerprint density at radius 1 is 0.579 bits per heavy atom. The number of benzene rings is 5. The first kappa shape index (κ1) is 23.9. The van der Waals surface area contributed by atoms with Crippen molar-refractivity contribution < 1.29 is 13.2 Å². The molecular weight excluding hydrogens is 479 g/mol. The van der Waals surface area contributed by atoms with Crippen molar-refractivity contribution in [2.75, 3.05) is 0 Å². The Bertz CT molecular complexity index is 1780. The number of aryl methyl sites for hydroxylation is 1. The molecule has 0 saturated heterocycles. The minimum absolute atomic E-state index is 0.545. The lowest BCUT2D eigenvalue weighted by molar-refractivity contribution is -0.137. The summed E-state index contributed by atoms with van der Waals surface area (Å²) in [7, 11) is 0. The van der Waals surface area contributed by atoms with Crippen molar-refractivity contribution in [2.24, 2.45) is 0 Å². The monoisotopic (exact) mass is 503 g/mol. The zero-order valence-corrected chi connectivity index (χ0v) is 20.8. The first-order valence-electron chi connectivity index (χ1n) is 12.6. The van der Waals surface area contributed by atoms with Crippen molar-refractivity contribution in [2.45, 2.75) is 19.5 Å². The zero-order chi connectivity index (χ0) is 26.3. The van der Waals surface area contributed by atoms with E-state index in [0.29, 0.717) is 17.5 Å². The molecule has 1 aromatic heterocycles. The van der Waals surface area contributed by atoms with Gasteiger partial charge in [-0.05, 0) is 80.9 Å². The highest BCUT2D eigenvalue weighted by Gasteiger charge is 2.31. The quantitative estimate of drug-likeness (QED) is 0.233. The van der Waals surface area contributed by atoms with Crippen LogP contribution in [0.1, 0.15) is 18.1 Å². The van der Waals surface area contributed by atoms with Crippen LogP contribution >= 0.6 is 0 Å². The molecule has 0 fully saturated rings. The Hall–Kier alpha value is -4.44. The number of hydrogen-bond donors (Lipinski definition) is 0. The number of para-hydroxylation sites is 1. The number of hydrogen-bond acceptors (Lipinski definition) is 1. The molecule has 0 radical (unpaired) electrons. The molecule has 0 aliphatic heterocycles. The Morgan fingerprint density at radius 3 is 1.89 bits per heavy atom. The predicted molar refractivity (Wildman–Crippen MR) is 150 cm³/mol. The van der Waals surface area contributed by atoms with E-state index >= 15 is 0 Å². The van der Waals surface area contributed by atoms with E-state index in [1.165, 1.54) is 12.1 Å². The van der Waals surface area contributed by atoms with E-state index in [9.17, 15) is 13.2 Å². The van der Waals surface area contributed by atoms with E-state index in [1.807, 2.05) is 55.6 Å². The van der Waals surface area contributed by atoms with Gasteiger partial charge in [0.25, 0.3) is 0 Å². The molecule has 0 spiro atoms. The van der Waals surface area contributed by atoms with Gasteiger partial charge in [0.05, 0.1) is 11.1 Å². The van der Waals surface area contributed by atoms with Gasteiger partial charge in [0.1, 0.15) is 0 Å². The largest absolute Gasteiger partial charge is 0.416 e. The van der Waals surface area contributed by atoms with Crippen molar-refractivity contribution in [3.8, 4) is 33.4 Å². The van der Waals surface area contributed by atoms with Gasteiger partial charge in [0, 0.05) is 17.1 Å². The van der Waals surface area contributed by atoms with Crippen LogP contribution < -0.4 is 0 Å². The van der Waals surface area contributed by atoms with E-state index < -0.39 is 11.7 Å². The van der Waals surface area contributed by atoms with Gasteiger partial charge in [-0.1, -0.05) is 85.8 Å². The van der Waals surface area contributed by atoms with Gasteiger partial charge in [0.2, 0.25) is 0 Å². The molecule has 0 N–H and O–H groups in total. The molecule has 0 saturated carbocycles. The Labute approximate surface area is 219 Å². The molecule has 0 atom stereocenters. The maximum absolute atomic E-state index is 13.4. The van der Waals surface area contributed by atoms with E-state index in [0.717, 1.165) is 49.5 Å². The molecule has 0 bridgehead atoms. The van der Waals surface area contributed by atoms with Crippen LogP contribution in [0.4, 0.5) is 13.2 Å². The standard InChI is InChI=1S/C34H24F3N/c1-2-22-17-30(21-31(18-22)34(35,36)37)29-15-14-27-19-26(12-13-28(27)20-29)23-8-10-24(11-9-23)32-7-3-5-25-6-4-16-38-33(25)32/h3-21H,2H2,1H3. The fourth-order valence-corrected chi connectivity index (χ4v) is 5.01. The number of fused-ring (bicyclic) bond motifs is 2. The SMILES string of the molecule is CCc1cc(-c2ccc3cc(-c4ccc(-c5cccc6cccnc56)cc4)ccc3c2)cc(C(F)(F)F)c1. The second-order valence-corrected chi connectivity index (χ2v) is 9.50. The molecule has 1 nitrogen and oxygen atoms in total. The molecule has 5 aromatic carbocycles. The highest BCUT2D eigenvalue weighted by molar-refractivity contribution is 5.94.